The molecule has 0 atom stereocenters. The Morgan fingerprint density at radius 3 is 2.50 bits per heavy atom. The van der Waals surface area contributed by atoms with E-state index in [1.54, 1.807) is 11.6 Å². The largest absolute Gasteiger partial charge is 0.322 e. The minimum atomic E-state index is -0.119. The molecule has 0 spiro atoms. The summed E-state index contributed by atoms with van der Waals surface area (Å²) in [4.78, 5) is 25.0. The van der Waals surface area contributed by atoms with Gasteiger partial charge in [0.1, 0.15) is 0 Å². The number of carbonyl (C=O) groups excluding carboxylic acids is 1. The lowest BCUT2D eigenvalue weighted by atomic mass is 9.86. The van der Waals surface area contributed by atoms with Crippen molar-refractivity contribution >= 4 is 11.6 Å². The number of amides is 1. The first kappa shape index (κ1) is 21.6. The smallest absolute Gasteiger partial charge is 0.255 e. The number of anilines is 1. The van der Waals surface area contributed by atoms with Gasteiger partial charge in [-0.3, -0.25) is 9.59 Å². The number of aromatic nitrogens is 1. The second kappa shape index (κ2) is 8.31. The van der Waals surface area contributed by atoms with Crippen LogP contribution in [-0.2, 0) is 11.8 Å². The van der Waals surface area contributed by atoms with Gasteiger partial charge in [0, 0.05) is 30.1 Å². The van der Waals surface area contributed by atoms with E-state index in [0.717, 1.165) is 28.8 Å². The minimum absolute atomic E-state index is 0.00353. The number of rotatable bonds is 3. The maximum atomic E-state index is 12.9. The lowest BCUT2D eigenvalue weighted by molar-refractivity contribution is -0.112. The van der Waals surface area contributed by atoms with Gasteiger partial charge < -0.3 is 9.88 Å². The fourth-order valence-corrected chi connectivity index (χ4v) is 3.66. The molecule has 1 amide bonds. The number of pyridine rings is 1. The third-order valence-electron chi connectivity index (χ3n) is 5.50. The van der Waals surface area contributed by atoms with Crippen molar-refractivity contribution in [2.24, 2.45) is 12.5 Å². The Balaban J connectivity index is 1.87. The van der Waals surface area contributed by atoms with Crippen LogP contribution in [-0.4, -0.2) is 10.5 Å². The number of nitrogens with zero attached hydrogens (tertiary/aromatic N) is 1. The summed E-state index contributed by atoms with van der Waals surface area (Å²) >= 11 is 0. The standard InChI is InChI=1S/C26H30N2O2/c1-17-15-20(16-28(6)25(17)30)22-11-8-12-23(18(22)2)27-24(29)19-9-7-10-21(14-13-19)26(3,4)5/h8-16H,7H2,1-6H3,(H,27,29). The van der Waals surface area contributed by atoms with Gasteiger partial charge in [-0.05, 0) is 66.2 Å². The second-order valence-electron chi connectivity index (χ2n) is 8.90. The number of carbonyl (C=O) groups is 1. The van der Waals surface area contributed by atoms with E-state index in [4.69, 9.17) is 0 Å². The monoisotopic (exact) mass is 402 g/mol. The highest BCUT2D eigenvalue weighted by molar-refractivity contribution is 6.06. The Bertz CT molecular complexity index is 1110. The first-order valence-electron chi connectivity index (χ1n) is 10.3. The van der Waals surface area contributed by atoms with Gasteiger partial charge in [-0.1, -0.05) is 51.1 Å². The summed E-state index contributed by atoms with van der Waals surface area (Å²) in [6.45, 7) is 10.3. The molecule has 4 heteroatoms. The van der Waals surface area contributed by atoms with Crippen molar-refractivity contribution in [2.45, 2.75) is 41.0 Å². The van der Waals surface area contributed by atoms with Crippen LogP contribution < -0.4 is 10.9 Å². The van der Waals surface area contributed by atoms with Crippen LogP contribution >= 0.6 is 0 Å². The molecule has 0 saturated carbocycles. The van der Waals surface area contributed by atoms with Gasteiger partial charge in [0.05, 0.1) is 0 Å². The zero-order valence-electron chi connectivity index (χ0n) is 18.7. The van der Waals surface area contributed by atoms with Crippen LogP contribution in [0.2, 0.25) is 0 Å². The summed E-state index contributed by atoms with van der Waals surface area (Å²) in [6, 6.07) is 7.74. The van der Waals surface area contributed by atoms with Gasteiger partial charge >= 0.3 is 0 Å². The fourth-order valence-electron chi connectivity index (χ4n) is 3.66. The molecular formula is C26H30N2O2. The highest BCUT2D eigenvalue weighted by atomic mass is 16.1. The van der Waals surface area contributed by atoms with Gasteiger partial charge in [0.15, 0.2) is 0 Å². The molecule has 0 unspecified atom stereocenters. The molecule has 0 saturated heterocycles. The molecule has 1 aromatic carbocycles. The van der Waals surface area contributed by atoms with Crippen molar-refractivity contribution in [3.63, 3.8) is 0 Å². The van der Waals surface area contributed by atoms with Gasteiger partial charge in [-0.2, -0.15) is 0 Å². The zero-order chi connectivity index (χ0) is 22.1. The normalized spacial score (nSPS) is 14.1. The molecule has 0 radical (unpaired) electrons. The summed E-state index contributed by atoms with van der Waals surface area (Å²) in [6.07, 6.45) is 10.6. The molecule has 0 bridgehead atoms. The lowest BCUT2D eigenvalue weighted by Gasteiger charge is -2.19. The van der Waals surface area contributed by atoms with Crippen LogP contribution in [0.4, 0.5) is 5.69 Å². The van der Waals surface area contributed by atoms with E-state index in [1.165, 1.54) is 5.57 Å². The maximum absolute atomic E-state index is 12.9. The first-order chi connectivity index (χ1) is 14.1. The highest BCUT2D eigenvalue weighted by Gasteiger charge is 2.17. The molecule has 1 N–H and O–H groups in total. The van der Waals surface area contributed by atoms with Crippen LogP contribution in [0.1, 0.15) is 38.3 Å². The zero-order valence-corrected chi connectivity index (χ0v) is 18.7. The SMILES string of the molecule is Cc1c(NC(=O)C2=CCC=C(C(C)(C)C)C=C2)cccc1-c1cc(C)c(=O)n(C)c1. The van der Waals surface area contributed by atoms with Crippen molar-refractivity contribution < 1.29 is 4.79 Å². The molecule has 1 aliphatic rings. The van der Waals surface area contributed by atoms with Crippen molar-refractivity contribution in [1.82, 2.24) is 4.57 Å². The molecule has 156 valence electrons. The summed E-state index contributed by atoms with van der Waals surface area (Å²) in [7, 11) is 1.75. The van der Waals surface area contributed by atoms with Gasteiger partial charge in [-0.15, -0.1) is 0 Å². The summed E-state index contributed by atoms with van der Waals surface area (Å²) in [5.41, 5.74) is 6.32. The van der Waals surface area contributed by atoms with Crippen LogP contribution in [0.5, 0.6) is 0 Å². The fraction of sp³-hybridized carbons (Fsp3) is 0.308. The summed E-state index contributed by atoms with van der Waals surface area (Å²) in [5.74, 6) is -0.119. The Kier molecular flexibility index (Phi) is 5.97. The number of hydrogen-bond donors (Lipinski definition) is 1. The van der Waals surface area contributed by atoms with Gasteiger partial charge in [0.2, 0.25) is 0 Å². The number of hydrogen-bond acceptors (Lipinski definition) is 2. The third-order valence-corrected chi connectivity index (χ3v) is 5.50. The van der Waals surface area contributed by atoms with Gasteiger partial charge in [-0.25, -0.2) is 0 Å². The molecule has 1 aromatic heterocycles. The summed E-state index contributed by atoms with van der Waals surface area (Å²) < 4.78 is 1.59. The third kappa shape index (κ3) is 4.54. The van der Waals surface area contributed by atoms with Crippen LogP contribution in [0.25, 0.3) is 11.1 Å². The van der Waals surface area contributed by atoms with Crippen LogP contribution in [0, 0.1) is 19.3 Å². The Labute approximate surface area is 178 Å². The van der Waals surface area contributed by atoms with Crippen molar-refractivity contribution in [3.8, 4) is 11.1 Å². The molecule has 0 fully saturated rings. The number of aryl methyl sites for hydroxylation is 2. The Morgan fingerprint density at radius 2 is 1.83 bits per heavy atom. The minimum Gasteiger partial charge on any atom is -0.322 e. The first-order valence-corrected chi connectivity index (χ1v) is 10.3. The average Bonchev–Trinajstić information content (AvgIpc) is 2.94. The van der Waals surface area contributed by atoms with Gasteiger partial charge in [0.25, 0.3) is 11.5 Å². The van der Waals surface area contributed by atoms with E-state index >= 15 is 0 Å². The van der Waals surface area contributed by atoms with Crippen LogP contribution in [0.3, 0.4) is 0 Å². The molecule has 2 aromatic rings. The molecule has 1 heterocycles. The molecule has 4 nitrogen and oxygen atoms in total. The van der Waals surface area contributed by atoms with E-state index in [-0.39, 0.29) is 16.9 Å². The molecule has 30 heavy (non-hydrogen) atoms. The predicted octanol–water partition coefficient (Wildman–Crippen LogP) is 5.47. The molecule has 0 aliphatic heterocycles. The van der Waals surface area contributed by atoms with E-state index in [0.29, 0.717) is 11.1 Å². The van der Waals surface area contributed by atoms with E-state index in [9.17, 15) is 9.59 Å². The van der Waals surface area contributed by atoms with E-state index < -0.39 is 0 Å². The second-order valence-corrected chi connectivity index (χ2v) is 8.90. The maximum Gasteiger partial charge on any atom is 0.255 e. The van der Waals surface area contributed by atoms with Crippen molar-refractivity contribution in [1.29, 1.82) is 0 Å². The number of nitrogens with one attached hydrogen (secondary N) is 1. The number of benzene rings is 1. The predicted molar refractivity (Wildman–Crippen MR) is 125 cm³/mol. The van der Waals surface area contributed by atoms with E-state index in [1.807, 2.05) is 62.5 Å². The van der Waals surface area contributed by atoms with Crippen LogP contribution in [0.15, 0.2) is 70.7 Å². The number of allylic oxidation sites excluding steroid dienone is 4. The van der Waals surface area contributed by atoms with Crippen molar-refractivity contribution in [3.05, 3.63) is 87.4 Å². The molecule has 1 aliphatic carbocycles. The topological polar surface area (TPSA) is 51.1 Å². The summed E-state index contributed by atoms with van der Waals surface area (Å²) in [5, 5.41) is 3.06. The quantitative estimate of drug-likeness (QED) is 0.740. The van der Waals surface area contributed by atoms with Crippen molar-refractivity contribution in [2.75, 3.05) is 5.32 Å². The Morgan fingerprint density at radius 1 is 1.10 bits per heavy atom. The molecular weight excluding hydrogens is 372 g/mol. The van der Waals surface area contributed by atoms with E-state index in [2.05, 4.69) is 32.2 Å². The lowest BCUT2D eigenvalue weighted by Crippen LogP contribution is -2.18. The highest BCUT2D eigenvalue weighted by Crippen LogP contribution is 2.30. The molecule has 3 rings (SSSR count). The Hall–Kier alpha value is -3.14. The average molecular weight is 403 g/mol.